The summed E-state index contributed by atoms with van der Waals surface area (Å²) in [6.45, 7) is 2.18. The van der Waals surface area contributed by atoms with E-state index in [1.165, 1.54) is 25.0 Å². The van der Waals surface area contributed by atoms with Gasteiger partial charge in [0.05, 0.1) is 5.92 Å². The van der Waals surface area contributed by atoms with Gasteiger partial charge in [-0.1, -0.05) is 60.6 Å². The monoisotopic (exact) mass is 334 g/mol. The van der Waals surface area contributed by atoms with Crippen LogP contribution in [-0.4, -0.2) is 33.8 Å². The second kappa shape index (κ2) is 11.7. The van der Waals surface area contributed by atoms with Gasteiger partial charge in [0.15, 0.2) is 0 Å². The van der Waals surface area contributed by atoms with Crippen LogP contribution >= 0.6 is 21.6 Å². The lowest BCUT2D eigenvalue weighted by Crippen LogP contribution is -2.26. The highest BCUT2D eigenvalue weighted by Crippen LogP contribution is 2.40. The van der Waals surface area contributed by atoms with E-state index in [1.54, 1.807) is 0 Å². The topological polar surface area (TPSA) is 57.5 Å². The molecule has 1 heterocycles. The van der Waals surface area contributed by atoms with Gasteiger partial charge in [-0.3, -0.25) is 4.79 Å². The molecule has 1 aliphatic heterocycles. The quantitative estimate of drug-likeness (QED) is 0.404. The Morgan fingerprint density at radius 1 is 1.24 bits per heavy atom. The molecule has 5 heteroatoms. The smallest absolute Gasteiger partial charge is 0.306 e. The van der Waals surface area contributed by atoms with Crippen LogP contribution in [0.25, 0.3) is 0 Å². The van der Waals surface area contributed by atoms with E-state index < -0.39 is 5.97 Å². The van der Waals surface area contributed by atoms with Crippen molar-refractivity contribution in [2.75, 3.05) is 12.4 Å². The zero-order valence-electron chi connectivity index (χ0n) is 13.1. The van der Waals surface area contributed by atoms with Gasteiger partial charge < -0.3 is 10.2 Å². The molecule has 3 atom stereocenters. The predicted octanol–water partition coefficient (Wildman–Crippen LogP) is 4.59. The number of carbonyl (C=O) groups is 1. The average molecular weight is 335 g/mol. The molecule has 0 aromatic heterocycles. The average Bonchev–Trinajstić information content (AvgIpc) is 2.98. The molecule has 0 saturated carbocycles. The van der Waals surface area contributed by atoms with Crippen LogP contribution in [0.3, 0.4) is 0 Å². The first-order valence-electron chi connectivity index (χ1n) is 8.31. The number of aliphatic hydroxyl groups is 1. The summed E-state index contributed by atoms with van der Waals surface area (Å²) in [5, 5.41) is 19.7. The minimum atomic E-state index is -0.724. The fourth-order valence-corrected chi connectivity index (χ4v) is 5.97. The largest absolute Gasteiger partial charge is 0.481 e. The van der Waals surface area contributed by atoms with Crippen LogP contribution in [0.5, 0.6) is 0 Å². The molecule has 21 heavy (non-hydrogen) atoms. The highest BCUT2D eigenvalue weighted by molar-refractivity contribution is 8.77. The van der Waals surface area contributed by atoms with Gasteiger partial charge in [0.1, 0.15) is 0 Å². The third-order valence-corrected chi connectivity index (χ3v) is 7.32. The minimum Gasteiger partial charge on any atom is -0.481 e. The maximum absolute atomic E-state index is 11.5. The van der Waals surface area contributed by atoms with Crippen LogP contribution < -0.4 is 0 Å². The van der Waals surface area contributed by atoms with E-state index in [-0.39, 0.29) is 18.4 Å². The van der Waals surface area contributed by atoms with Crippen LogP contribution in [0.15, 0.2) is 0 Å². The molecule has 1 aliphatic rings. The number of hydrogen-bond donors (Lipinski definition) is 2. The molecule has 0 radical (unpaired) electrons. The fraction of sp³-hybridized carbons (Fsp3) is 0.938. The molecule has 3 unspecified atom stereocenters. The van der Waals surface area contributed by atoms with Gasteiger partial charge in [0.2, 0.25) is 0 Å². The van der Waals surface area contributed by atoms with Crippen molar-refractivity contribution in [2.45, 2.75) is 70.0 Å². The molecule has 0 aromatic carbocycles. The Bertz CT molecular complexity index is 281. The van der Waals surface area contributed by atoms with Crippen molar-refractivity contribution in [1.29, 1.82) is 0 Å². The summed E-state index contributed by atoms with van der Waals surface area (Å²) in [7, 11) is 3.89. The van der Waals surface area contributed by atoms with Gasteiger partial charge in [0, 0.05) is 17.6 Å². The molecule has 124 valence electrons. The van der Waals surface area contributed by atoms with Gasteiger partial charge in [-0.15, -0.1) is 0 Å². The molecule has 3 nitrogen and oxygen atoms in total. The summed E-state index contributed by atoms with van der Waals surface area (Å²) < 4.78 is 0. The number of unbranched alkanes of at least 4 members (excludes halogenated alkanes) is 3. The Kier molecular flexibility index (Phi) is 10.7. The third-order valence-electron chi connectivity index (χ3n) is 4.32. The molecule has 0 spiro atoms. The molecule has 0 amide bonds. The van der Waals surface area contributed by atoms with Crippen molar-refractivity contribution < 1.29 is 15.0 Å². The zero-order chi connectivity index (χ0) is 15.5. The first-order chi connectivity index (χ1) is 10.2. The summed E-state index contributed by atoms with van der Waals surface area (Å²) in [6.07, 6.45) is 9.49. The van der Waals surface area contributed by atoms with Crippen molar-refractivity contribution in [3.05, 3.63) is 0 Å². The standard InChI is InChI=1S/C16H30O3S2/c1-2-3-4-5-7-13(12-17)15(16(18)19)9-6-8-14-10-11-20-21-14/h13-15,17H,2-12H2,1H3,(H,18,19). The predicted molar refractivity (Wildman–Crippen MR) is 92.8 cm³/mol. The Balaban J connectivity index is 2.31. The van der Waals surface area contributed by atoms with Crippen LogP contribution in [-0.2, 0) is 4.79 Å². The number of aliphatic carboxylic acids is 1. The molecule has 0 bridgehead atoms. The summed E-state index contributed by atoms with van der Waals surface area (Å²) in [6, 6.07) is 0. The van der Waals surface area contributed by atoms with Gasteiger partial charge >= 0.3 is 5.97 Å². The second-order valence-electron chi connectivity index (χ2n) is 6.00. The molecule has 0 aliphatic carbocycles. The zero-order valence-corrected chi connectivity index (χ0v) is 14.8. The molecule has 0 aromatic rings. The van der Waals surface area contributed by atoms with E-state index in [2.05, 4.69) is 6.92 Å². The van der Waals surface area contributed by atoms with Crippen molar-refractivity contribution in [3.63, 3.8) is 0 Å². The van der Waals surface area contributed by atoms with E-state index in [0.717, 1.165) is 38.5 Å². The summed E-state index contributed by atoms with van der Waals surface area (Å²) in [5.74, 6) is 0.0765. The number of aliphatic hydroxyl groups excluding tert-OH is 1. The van der Waals surface area contributed by atoms with Crippen molar-refractivity contribution in [3.8, 4) is 0 Å². The summed E-state index contributed by atoms with van der Waals surface area (Å²) in [4.78, 5) is 11.5. The van der Waals surface area contributed by atoms with E-state index in [4.69, 9.17) is 0 Å². The highest BCUT2D eigenvalue weighted by Gasteiger charge is 2.27. The molecule has 1 rings (SSSR count). The van der Waals surface area contributed by atoms with Crippen LogP contribution in [0.4, 0.5) is 0 Å². The Hall–Kier alpha value is 0.130. The highest BCUT2D eigenvalue weighted by atomic mass is 33.1. The third kappa shape index (κ3) is 7.80. The van der Waals surface area contributed by atoms with Crippen molar-refractivity contribution in [1.82, 2.24) is 0 Å². The van der Waals surface area contributed by atoms with Crippen LogP contribution in [0.2, 0.25) is 0 Å². The molecule has 1 fully saturated rings. The number of rotatable bonds is 12. The molecule has 2 N–H and O–H groups in total. The molecule has 1 saturated heterocycles. The van der Waals surface area contributed by atoms with E-state index in [9.17, 15) is 15.0 Å². The maximum atomic E-state index is 11.5. The minimum absolute atomic E-state index is 0.0110. The van der Waals surface area contributed by atoms with Crippen LogP contribution in [0.1, 0.15) is 64.7 Å². The van der Waals surface area contributed by atoms with Crippen molar-refractivity contribution >= 4 is 27.6 Å². The Morgan fingerprint density at radius 3 is 2.62 bits per heavy atom. The first-order valence-corrected chi connectivity index (χ1v) is 10.7. The van der Waals surface area contributed by atoms with Gasteiger partial charge in [0.25, 0.3) is 0 Å². The molecular weight excluding hydrogens is 304 g/mol. The SMILES string of the molecule is CCCCCCC(CO)C(CCCC1CCSS1)C(=O)O. The van der Waals surface area contributed by atoms with Gasteiger partial charge in [-0.05, 0) is 31.6 Å². The number of carboxylic acid groups (broad SMARTS) is 1. The number of carboxylic acids is 1. The fourth-order valence-electron chi connectivity index (χ4n) is 2.94. The maximum Gasteiger partial charge on any atom is 0.306 e. The van der Waals surface area contributed by atoms with Gasteiger partial charge in [-0.25, -0.2) is 0 Å². The van der Waals surface area contributed by atoms with Crippen LogP contribution in [0, 0.1) is 11.8 Å². The summed E-state index contributed by atoms with van der Waals surface area (Å²) >= 11 is 0. The normalized spacial score (nSPS) is 21.3. The first kappa shape index (κ1) is 19.2. The van der Waals surface area contributed by atoms with Gasteiger partial charge in [-0.2, -0.15) is 0 Å². The molecular formula is C16H30O3S2. The van der Waals surface area contributed by atoms with E-state index in [0.29, 0.717) is 5.25 Å². The lowest BCUT2D eigenvalue weighted by Gasteiger charge is -2.22. The second-order valence-corrected chi connectivity index (χ2v) is 8.78. The lowest BCUT2D eigenvalue weighted by atomic mass is 9.84. The van der Waals surface area contributed by atoms with E-state index >= 15 is 0 Å². The van der Waals surface area contributed by atoms with Crippen molar-refractivity contribution in [2.24, 2.45) is 11.8 Å². The Labute approximate surface area is 137 Å². The number of hydrogen-bond acceptors (Lipinski definition) is 4. The van der Waals surface area contributed by atoms with E-state index in [1.807, 2.05) is 21.6 Å². The summed E-state index contributed by atoms with van der Waals surface area (Å²) in [5.41, 5.74) is 0. The lowest BCUT2D eigenvalue weighted by molar-refractivity contribution is -0.144. The Morgan fingerprint density at radius 2 is 2.05 bits per heavy atom.